The summed E-state index contributed by atoms with van der Waals surface area (Å²) in [5.41, 5.74) is -1.95. The summed E-state index contributed by atoms with van der Waals surface area (Å²) in [6, 6.07) is 3.20. The topological polar surface area (TPSA) is 74.7 Å². The van der Waals surface area contributed by atoms with E-state index in [9.17, 15) is 26.4 Å². The molecule has 0 saturated heterocycles. The number of alkyl halides is 3. The van der Waals surface area contributed by atoms with Gasteiger partial charge in [-0.25, -0.2) is 13.2 Å². The molecule has 1 aromatic carbocycles. The number of nitrogens with zero attached hydrogens (tertiary/aromatic N) is 1. The van der Waals surface area contributed by atoms with Crippen molar-refractivity contribution in [2.45, 2.75) is 17.6 Å². The van der Waals surface area contributed by atoms with Gasteiger partial charge in [0.2, 0.25) is 10.0 Å². The zero-order valence-corrected chi connectivity index (χ0v) is 15.8. The first kappa shape index (κ1) is 19.9. The van der Waals surface area contributed by atoms with E-state index >= 15 is 0 Å². The molecular weight excluding hydrogens is 447 g/mol. The average molecular weight is 458 g/mol. The second-order valence-corrected chi connectivity index (χ2v) is 8.93. The van der Waals surface area contributed by atoms with Crippen molar-refractivity contribution in [3.8, 4) is 0 Å². The van der Waals surface area contributed by atoms with Crippen LogP contribution >= 0.6 is 27.3 Å². The zero-order chi connectivity index (χ0) is 19.0. The van der Waals surface area contributed by atoms with Gasteiger partial charge in [0.1, 0.15) is 0 Å². The van der Waals surface area contributed by atoms with Crippen LogP contribution in [0.3, 0.4) is 0 Å². The largest absolute Gasteiger partial charge is 0.478 e. The van der Waals surface area contributed by atoms with Gasteiger partial charge < -0.3 is 5.11 Å². The second kappa shape index (κ2) is 7.06. The highest BCUT2D eigenvalue weighted by molar-refractivity contribution is 9.10. The van der Waals surface area contributed by atoms with Gasteiger partial charge in [-0.3, -0.25) is 0 Å². The minimum atomic E-state index is -4.79. The van der Waals surface area contributed by atoms with Crippen molar-refractivity contribution in [1.82, 2.24) is 4.31 Å². The molecule has 0 spiro atoms. The van der Waals surface area contributed by atoms with E-state index in [2.05, 4.69) is 15.9 Å². The van der Waals surface area contributed by atoms with Crippen molar-refractivity contribution < 1.29 is 31.5 Å². The summed E-state index contributed by atoms with van der Waals surface area (Å²) in [6.07, 6.45) is -4.79. The van der Waals surface area contributed by atoms with Crippen molar-refractivity contribution in [2.24, 2.45) is 0 Å². The smallest absolute Gasteiger partial charge is 0.416 e. The zero-order valence-electron chi connectivity index (χ0n) is 12.5. The summed E-state index contributed by atoms with van der Waals surface area (Å²) in [5.74, 6) is -1.63. The summed E-state index contributed by atoms with van der Waals surface area (Å²) in [7, 11) is -3.27. The van der Waals surface area contributed by atoms with Gasteiger partial charge in [-0.2, -0.15) is 17.5 Å². The average Bonchev–Trinajstić information content (AvgIpc) is 2.90. The Morgan fingerprint density at radius 2 is 1.96 bits per heavy atom. The quantitative estimate of drug-likeness (QED) is 0.734. The van der Waals surface area contributed by atoms with Gasteiger partial charge in [-0.05, 0) is 40.2 Å². The normalized spacial score (nSPS) is 12.6. The number of carboxylic acid groups (broad SMARTS) is 1. The highest BCUT2D eigenvalue weighted by atomic mass is 79.9. The van der Waals surface area contributed by atoms with Gasteiger partial charge in [-0.15, -0.1) is 11.3 Å². The molecule has 5 nitrogen and oxygen atoms in total. The van der Waals surface area contributed by atoms with E-state index in [1.807, 2.05) is 0 Å². The van der Waals surface area contributed by atoms with E-state index < -0.39 is 38.2 Å². The third-order valence-electron chi connectivity index (χ3n) is 3.23. The Morgan fingerprint density at radius 3 is 2.44 bits per heavy atom. The molecule has 0 aliphatic carbocycles. The lowest BCUT2D eigenvalue weighted by molar-refractivity contribution is -0.137. The van der Waals surface area contributed by atoms with Crippen molar-refractivity contribution >= 4 is 43.3 Å². The van der Waals surface area contributed by atoms with Gasteiger partial charge in [0, 0.05) is 28.3 Å². The first-order chi connectivity index (χ1) is 11.4. The van der Waals surface area contributed by atoms with Crippen LogP contribution in [-0.2, 0) is 22.7 Å². The molecule has 1 aromatic heterocycles. The molecule has 1 N–H and O–H groups in total. The van der Waals surface area contributed by atoms with Crippen LogP contribution in [0.1, 0.15) is 20.8 Å². The maximum atomic E-state index is 12.9. The molecule has 0 aliphatic heterocycles. The fourth-order valence-electron chi connectivity index (χ4n) is 2.00. The molecule has 25 heavy (non-hydrogen) atoms. The predicted molar refractivity (Wildman–Crippen MR) is 89.1 cm³/mol. The fourth-order valence-corrected chi connectivity index (χ4v) is 4.94. The van der Waals surface area contributed by atoms with Crippen LogP contribution in [0.15, 0.2) is 39.0 Å². The molecule has 0 bridgehead atoms. The van der Waals surface area contributed by atoms with Crippen LogP contribution in [0.25, 0.3) is 0 Å². The molecule has 1 heterocycles. The van der Waals surface area contributed by atoms with E-state index in [4.69, 9.17) is 5.11 Å². The summed E-state index contributed by atoms with van der Waals surface area (Å²) in [4.78, 5) is 11.0. The van der Waals surface area contributed by atoms with Gasteiger partial charge in [0.25, 0.3) is 0 Å². The fraction of sp³-hybridized carbons (Fsp3) is 0.214. The minimum Gasteiger partial charge on any atom is -0.478 e. The lowest BCUT2D eigenvalue weighted by atomic mass is 10.1. The third-order valence-corrected chi connectivity index (χ3v) is 6.75. The van der Waals surface area contributed by atoms with Crippen LogP contribution < -0.4 is 0 Å². The van der Waals surface area contributed by atoms with E-state index in [1.54, 1.807) is 11.4 Å². The van der Waals surface area contributed by atoms with Gasteiger partial charge >= 0.3 is 12.1 Å². The Labute approximate surface area is 153 Å². The van der Waals surface area contributed by atoms with Crippen molar-refractivity contribution in [1.29, 1.82) is 0 Å². The van der Waals surface area contributed by atoms with E-state index in [1.165, 1.54) is 18.4 Å². The number of aromatic carboxylic acids is 1. The number of thiophene rings is 1. The molecule has 2 aromatic rings. The maximum Gasteiger partial charge on any atom is 0.416 e. The lowest BCUT2D eigenvalue weighted by Gasteiger charge is -2.19. The summed E-state index contributed by atoms with van der Waals surface area (Å²) in [5, 5.41) is 10.9. The SMILES string of the molecule is CN(Cc1cc(Br)cs1)S(=O)(=O)c1cc(C(F)(F)F)ccc1C(=O)O. The first-order valence-corrected chi connectivity index (χ1v) is 9.68. The molecular formula is C14H11BrF3NO4S2. The van der Waals surface area contributed by atoms with E-state index in [0.29, 0.717) is 23.1 Å². The van der Waals surface area contributed by atoms with E-state index in [-0.39, 0.29) is 6.54 Å². The molecule has 0 unspecified atom stereocenters. The number of halogens is 4. The molecule has 11 heteroatoms. The van der Waals surface area contributed by atoms with Crippen molar-refractivity contribution in [3.63, 3.8) is 0 Å². The van der Waals surface area contributed by atoms with Crippen molar-refractivity contribution in [2.75, 3.05) is 7.05 Å². The van der Waals surface area contributed by atoms with Gasteiger partial charge in [0.05, 0.1) is 16.0 Å². The number of benzene rings is 1. The Bertz CT molecular complexity index is 909. The third kappa shape index (κ3) is 4.40. The number of carbonyl (C=O) groups is 1. The van der Waals surface area contributed by atoms with Crippen molar-refractivity contribution in [3.05, 3.63) is 50.1 Å². The highest BCUT2D eigenvalue weighted by Gasteiger charge is 2.35. The summed E-state index contributed by atoms with van der Waals surface area (Å²) in [6.45, 7) is -0.103. The van der Waals surface area contributed by atoms with Crippen LogP contribution in [0.2, 0.25) is 0 Å². The van der Waals surface area contributed by atoms with Crippen LogP contribution in [-0.4, -0.2) is 30.8 Å². The highest BCUT2D eigenvalue weighted by Crippen LogP contribution is 2.33. The molecule has 2 rings (SSSR count). The molecule has 0 radical (unpaired) electrons. The van der Waals surface area contributed by atoms with E-state index in [0.717, 1.165) is 8.78 Å². The summed E-state index contributed by atoms with van der Waals surface area (Å²) >= 11 is 4.48. The van der Waals surface area contributed by atoms with Crippen LogP contribution in [0.4, 0.5) is 13.2 Å². The number of rotatable bonds is 5. The lowest BCUT2D eigenvalue weighted by Crippen LogP contribution is -2.28. The number of hydrogen-bond donors (Lipinski definition) is 1. The number of hydrogen-bond acceptors (Lipinski definition) is 4. The summed E-state index contributed by atoms with van der Waals surface area (Å²) < 4.78 is 65.5. The molecule has 0 fully saturated rings. The molecule has 0 saturated carbocycles. The predicted octanol–water partition coefficient (Wildman–Crippen LogP) is 4.05. The van der Waals surface area contributed by atoms with Gasteiger partial charge in [0.15, 0.2) is 0 Å². The molecule has 0 amide bonds. The van der Waals surface area contributed by atoms with Gasteiger partial charge in [-0.1, -0.05) is 0 Å². The Hall–Kier alpha value is -1.43. The minimum absolute atomic E-state index is 0.103. The Balaban J connectivity index is 2.50. The number of carboxylic acids is 1. The van der Waals surface area contributed by atoms with Crippen LogP contribution in [0.5, 0.6) is 0 Å². The molecule has 0 atom stereocenters. The Morgan fingerprint density at radius 1 is 1.32 bits per heavy atom. The maximum absolute atomic E-state index is 12.9. The monoisotopic (exact) mass is 457 g/mol. The van der Waals surface area contributed by atoms with Crippen LogP contribution in [0, 0.1) is 0 Å². The first-order valence-electron chi connectivity index (χ1n) is 6.56. The Kier molecular flexibility index (Phi) is 5.62. The number of sulfonamides is 1. The molecule has 136 valence electrons. The second-order valence-electron chi connectivity index (χ2n) is 5.01. The standard InChI is InChI=1S/C14H11BrF3NO4S2/c1-19(6-10-5-9(15)7-24-10)25(22,23)12-4-8(14(16,17)18)2-3-11(12)13(20)21/h2-5,7H,6H2,1H3,(H,20,21). The molecule has 0 aliphatic rings.